The maximum Gasteiger partial charge on any atom is 0.264 e. The lowest BCUT2D eigenvalue weighted by Crippen LogP contribution is -2.22. The Balaban J connectivity index is 1.63. The third-order valence-corrected chi connectivity index (χ3v) is 5.87. The number of nitrogens with two attached hydrogens (primary N) is 1. The summed E-state index contributed by atoms with van der Waals surface area (Å²) in [6, 6.07) is 17.7. The van der Waals surface area contributed by atoms with Crippen LogP contribution in [0.2, 0.25) is 0 Å². The zero-order valence-corrected chi connectivity index (χ0v) is 20.3. The first kappa shape index (κ1) is 24.2. The number of hydrogen-bond donors (Lipinski definition) is 3. The zero-order chi connectivity index (χ0) is 24.6. The average molecular weight is 473 g/mol. The Kier molecular flexibility index (Phi) is 7.95. The summed E-state index contributed by atoms with van der Waals surface area (Å²) in [6.45, 7) is 4.38. The van der Waals surface area contributed by atoms with Crippen molar-refractivity contribution in [1.82, 2.24) is 14.5 Å². The Labute approximate surface area is 205 Å². The SMILES string of the molecule is CCCCNc1nc(NCc2ccc(OC)cc2)nc2ccn(Cc3ccc(CN)cc3)c(=O)c12. The first-order chi connectivity index (χ1) is 17.1. The number of nitrogens with zero attached hydrogens (tertiary/aromatic N) is 3. The van der Waals surface area contributed by atoms with E-state index in [9.17, 15) is 4.79 Å². The summed E-state index contributed by atoms with van der Waals surface area (Å²) in [7, 11) is 1.65. The van der Waals surface area contributed by atoms with E-state index in [1.807, 2.05) is 54.6 Å². The van der Waals surface area contributed by atoms with Crippen LogP contribution in [-0.4, -0.2) is 28.2 Å². The number of nitrogens with one attached hydrogen (secondary N) is 2. The van der Waals surface area contributed by atoms with Crippen molar-refractivity contribution in [2.45, 2.75) is 39.4 Å². The van der Waals surface area contributed by atoms with Crippen molar-refractivity contribution in [2.75, 3.05) is 24.3 Å². The van der Waals surface area contributed by atoms with E-state index >= 15 is 0 Å². The third-order valence-electron chi connectivity index (χ3n) is 5.87. The molecule has 8 heteroatoms. The van der Waals surface area contributed by atoms with Gasteiger partial charge >= 0.3 is 0 Å². The van der Waals surface area contributed by atoms with Crippen LogP contribution in [0, 0.1) is 0 Å². The molecule has 2 aromatic heterocycles. The van der Waals surface area contributed by atoms with E-state index in [0.29, 0.717) is 42.3 Å². The van der Waals surface area contributed by atoms with E-state index in [1.54, 1.807) is 17.9 Å². The topological polar surface area (TPSA) is 107 Å². The lowest BCUT2D eigenvalue weighted by Gasteiger charge is -2.14. The second kappa shape index (κ2) is 11.5. The number of benzene rings is 2. The van der Waals surface area contributed by atoms with Crippen LogP contribution in [0.4, 0.5) is 11.8 Å². The minimum absolute atomic E-state index is 0.119. The van der Waals surface area contributed by atoms with Gasteiger partial charge in [0.2, 0.25) is 5.95 Å². The summed E-state index contributed by atoms with van der Waals surface area (Å²) in [5.74, 6) is 1.84. The molecule has 35 heavy (non-hydrogen) atoms. The van der Waals surface area contributed by atoms with Gasteiger partial charge in [0.25, 0.3) is 5.56 Å². The number of pyridine rings is 1. The second-order valence-electron chi connectivity index (χ2n) is 8.41. The van der Waals surface area contributed by atoms with Gasteiger partial charge in [-0.05, 0) is 41.3 Å². The number of rotatable bonds is 11. The lowest BCUT2D eigenvalue weighted by molar-refractivity contribution is 0.414. The fourth-order valence-electron chi connectivity index (χ4n) is 3.80. The van der Waals surface area contributed by atoms with E-state index in [2.05, 4.69) is 27.5 Å². The molecule has 4 N–H and O–H groups in total. The number of aromatic nitrogens is 3. The largest absolute Gasteiger partial charge is 0.497 e. The lowest BCUT2D eigenvalue weighted by atomic mass is 10.1. The van der Waals surface area contributed by atoms with Gasteiger partial charge in [-0.25, -0.2) is 4.98 Å². The van der Waals surface area contributed by atoms with Crippen molar-refractivity contribution < 1.29 is 4.74 Å². The summed E-state index contributed by atoms with van der Waals surface area (Å²) in [6.07, 6.45) is 3.81. The average Bonchev–Trinajstić information content (AvgIpc) is 2.90. The van der Waals surface area contributed by atoms with Crippen molar-refractivity contribution in [3.05, 3.63) is 87.8 Å². The highest BCUT2D eigenvalue weighted by molar-refractivity contribution is 5.89. The maximum atomic E-state index is 13.5. The smallest absolute Gasteiger partial charge is 0.264 e. The monoisotopic (exact) mass is 472 g/mol. The van der Waals surface area contributed by atoms with E-state index < -0.39 is 0 Å². The molecule has 0 aliphatic carbocycles. The van der Waals surface area contributed by atoms with Gasteiger partial charge in [0.05, 0.1) is 19.2 Å². The molecule has 0 spiro atoms. The summed E-state index contributed by atoms with van der Waals surface area (Å²) in [5.41, 5.74) is 9.35. The first-order valence-electron chi connectivity index (χ1n) is 11.9. The molecule has 0 aliphatic heterocycles. The molecule has 2 aromatic carbocycles. The quantitative estimate of drug-likeness (QED) is 0.282. The van der Waals surface area contributed by atoms with E-state index in [0.717, 1.165) is 41.8 Å². The Morgan fingerprint density at radius 3 is 2.34 bits per heavy atom. The summed E-state index contributed by atoms with van der Waals surface area (Å²) in [5, 5.41) is 7.14. The molecule has 0 aliphatic rings. The minimum atomic E-state index is -0.119. The molecule has 8 nitrogen and oxygen atoms in total. The first-order valence-corrected chi connectivity index (χ1v) is 11.9. The van der Waals surface area contributed by atoms with Crippen LogP contribution in [0.15, 0.2) is 65.6 Å². The summed E-state index contributed by atoms with van der Waals surface area (Å²) >= 11 is 0. The Bertz CT molecular complexity index is 1320. The molecule has 0 atom stereocenters. The van der Waals surface area contributed by atoms with Gasteiger partial charge in [-0.1, -0.05) is 49.7 Å². The fraction of sp³-hybridized carbons (Fsp3) is 0.296. The Hall–Kier alpha value is -3.91. The molecule has 0 amide bonds. The van der Waals surface area contributed by atoms with Gasteiger partial charge in [0, 0.05) is 25.8 Å². The van der Waals surface area contributed by atoms with Crippen LogP contribution in [0.25, 0.3) is 10.9 Å². The van der Waals surface area contributed by atoms with Crippen LogP contribution in [0.1, 0.15) is 36.5 Å². The van der Waals surface area contributed by atoms with Crippen LogP contribution >= 0.6 is 0 Å². The molecule has 0 fully saturated rings. The molecular formula is C27H32N6O2. The summed E-state index contributed by atoms with van der Waals surface area (Å²) < 4.78 is 6.91. The number of unbranched alkanes of at least 4 members (excludes halogenated alkanes) is 1. The predicted molar refractivity (Wildman–Crippen MR) is 141 cm³/mol. The van der Waals surface area contributed by atoms with Gasteiger partial charge in [0.15, 0.2) is 0 Å². The molecule has 4 rings (SSSR count). The Morgan fingerprint density at radius 1 is 0.943 bits per heavy atom. The van der Waals surface area contributed by atoms with E-state index in [-0.39, 0.29) is 5.56 Å². The maximum absolute atomic E-state index is 13.5. The van der Waals surface area contributed by atoms with Crippen molar-refractivity contribution in [3.63, 3.8) is 0 Å². The number of anilines is 2. The molecule has 0 unspecified atom stereocenters. The van der Waals surface area contributed by atoms with Crippen molar-refractivity contribution in [3.8, 4) is 5.75 Å². The zero-order valence-electron chi connectivity index (χ0n) is 20.3. The molecule has 2 heterocycles. The predicted octanol–water partition coefficient (Wildman–Crippen LogP) is 4.13. The van der Waals surface area contributed by atoms with Gasteiger partial charge in [-0.2, -0.15) is 4.98 Å². The molecule has 0 bridgehead atoms. The van der Waals surface area contributed by atoms with Gasteiger partial charge in [0.1, 0.15) is 17.0 Å². The minimum Gasteiger partial charge on any atom is -0.497 e. The van der Waals surface area contributed by atoms with Gasteiger partial charge in [-0.3, -0.25) is 4.79 Å². The molecule has 0 saturated heterocycles. The van der Waals surface area contributed by atoms with Crippen LogP contribution in [0.3, 0.4) is 0 Å². The standard InChI is InChI=1S/C27H32N6O2/c1-3-4-14-29-25-24-23(31-27(32-25)30-17-20-9-11-22(35-2)12-10-20)13-15-33(26(24)34)18-21-7-5-19(16-28)6-8-21/h5-13,15H,3-4,14,16-18,28H2,1-2H3,(H2,29,30,31,32). The van der Waals surface area contributed by atoms with Gasteiger partial charge in [-0.15, -0.1) is 0 Å². The number of methoxy groups -OCH3 is 1. The van der Waals surface area contributed by atoms with Crippen LogP contribution in [-0.2, 0) is 19.6 Å². The number of ether oxygens (including phenoxy) is 1. The molecule has 4 aromatic rings. The van der Waals surface area contributed by atoms with Crippen LogP contribution in [0.5, 0.6) is 5.75 Å². The third kappa shape index (κ3) is 5.96. The molecule has 0 saturated carbocycles. The van der Waals surface area contributed by atoms with Gasteiger partial charge < -0.3 is 25.7 Å². The highest BCUT2D eigenvalue weighted by atomic mass is 16.5. The fourth-order valence-corrected chi connectivity index (χ4v) is 3.80. The normalized spacial score (nSPS) is 10.9. The number of hydrogen-bond acceptors (Lipinski definition) is 7. The molecule has 182 valence electrons. The van der Waals surface area contributed by atoms with E-state index in [4.69, 9.17) is 10.5 Å². The van der Waals surface area contributed by atoms with Crippen LogP contribution < -0.4 is 26.7 Å². The highest BCUT2D eigenvalue weighted by Crippen LogP contribution is 2.20. The molecular weight excluding hydrogens is 440 g/mol. The van der Waals surface area contributed by atoms with Crippen molar-refractivity contribution in [1.29, 1.82) is 0 Å². The highest BCUT2D eigenvalue weighted by Gasteiger charge is 2.13. The van der Waals surface area contributed by atoms with Crippen molar-refractivity contribution >= 4 is 22.7 Å². The number of fused-ring (bicyclic) bond motifs is 1. The van der Waals surface area contributed by atoms with E-state index in [1.165, 1.54) is 0 Å². The second-order valence-corrected chi connectivity index (χ2v) is 8.41. The Morgan fingerprint density at radius 2 is 1.66 bits per heavy atom. The summed E-state index contributed by atoms with van der Waals surface area (Å²) in [4.78, 5) is 22.7. The van der Waals surface area contributed by atoms with Crippen molar-refractivity contribution in [2.24, 2.45) is 5.73 Å². The molecule has 0 radical (unpaired) electrons.